The third-order valence-electron chi connectivity index (χ3n) is 2.61. The lowest BCUT2D eigenvalue weighted by Gasteiger charge is -2.11. The molecule has 1 aromatic carbocycles. The van der Waals surface area contributed by atoms with Crippen LogP contribution < -0.4 is 5.32 Å². The summed E-state index contributed by atoms with van der Waals surface area (Å²) in [5.41, 5.74) is -0.523. The van der Waals surface area contributed by atoms with Gasteiger partial charge in [-0.15, -0.1) is 0 Å². The zero-order valence-electron chi connectivity index (χ0n) is 10.3. The molecular weight excluding hydrogens is 286 g/mol. The van der Waals surface area contributed by atoms with Crippen molar-refractivity contribution < 1.29 is 9.72 Å². The van der Waals surface area contributed by atoms with Crippen LogP contribution in [0.3, 0.4) is 0 Å². The van der Waals surface area contributed by atoms with E-state index in [4.69, 9.17) is 11.6 Å². The minimum absolute atomic E-state index is 0.0880. The Morgan fingerprint density at radius 3 is 2.90 bits per heavy atom. The van der Waals surface area contributed by atoms with E-state index in [0.29, 0.717) is 5.82 Å². The van der Waals surface area contributed by atoms with E-state index >= 15 is 0 Å². The van der Waals surface area contributed by atoms with Crippen molar-refractivity contribution in [3.63, 3.8) is 0 Å². The van der Waals surface area contributed by atoms with Crippen LogP contribution in [-0.2, 0) is 0 Å². The number of nitro groups is 1. The van der Waals surface area contributed by atoms with Crippen LogP contribution in [0, 0.1) is 10.1 Å². The molecular formula is C11H10ClN5O3. The highest BCUT2D eigenvalue weighted by molar-refractivity contribution is 6.33. The van der Waals surface area contributed by atoms with Crippen molar-refractivity contribution in [3.05, 3.63) is 51.1 Å². The van der Waals surface area contributed by atoms with Gasteiger partial charge in [0.1, 0.15) is 22.7 Å². The number of nitrogens with one attached hydrogen (secondary N) is 2. The lowest BCUT2D eigenvalue weighted by Crippen LogP contribution is -2.28. The number of benzene rings is 1. The van der Waals surface area contributed by atoms with Crippen LogP contribution in [0.5, 0.6) is 0 Å². The monoisotopic (exact) mass is 295 g/mol. The molecule has 0 fully saturated rings. The van der Waals surface area contributed by atoms with Crippen LogP contribution in [0.25, 0.3) is 0 Å². The van der Waals surface area contributed by atoms with Gasteiger partial charge in [0, 0.05) is 0 Å². The van der Waals surface area contributed by atoms with Crippen molar-refractivity contribution >= 4 is 23.2 Å². The second kappa shape index (κ2) is 5.66. The fourth-order valence-corrected chi connectivity index (χ4v) is 1.89. The molecule has 0 aliphatic rings. The van der Waals surface area contributed by atoms with Gasteiger partial charge in [-0.25, -0.2) is 4.98 Å². The summed E-state index contributed by atoms with van der Waals surface area (Å²) in [6.45, 7) is 1.68. The SMILES string of the molecule is CC(NC(=O)c1cccc(Cl)c1[N+](=O)[O-])c1ncn[nH]1. The minimum atomic E-state index is -0.684. The van der Waals surface area contributed by atoms with E-state index in [2.05, 4.69) is 20.5 Å². The van der Waals surface area contributed by atoms with Gasteiger partial charge in [-0.05, 0) is 19.1 Å². The molecule has 0 saturated heterocycles. The Bertz CT molecular complexity index is 644. The molecule has 8 nitrogen and oxygen atoms in total. The van der Waals surface area contributed by atoms with Crippen LogP contribution >= 0.6 is 11.6 Å². The van der Waals surface area contributed by atoms with Gasteiger partial charge >= 0.3 is 5.69 Å². The van der Waals surface area contributed by atoms with Crippen molar-refractivity contribution in [2.45, 2.75) is 13.0 Å². The normalized spacial score (nSPS) is 11.9. The van der Waals surface area contributed by atoms with Gasteiger partial charge in [0.25, 0.3) is 5.91 Å². The quantitative estimate of drug-likeness (QED) is 0.660. The Labute approximate surface area is 118 Å². The number of amides is 1. The fraction of sp³-hybridized carbons (Fsp3) is 0.182. The summed E-state index contributed by atoms with van der Waals surface area (Å²) in [6.07, 6.45) is 1.31. The Morgan fingerprint density at radius 2 is 2.30 bits per heavy atom. The number of halogens is 1. The fourth-order valence-electron chi connectivity index (χ4n) is 1.65. The zero-order chi connectivity index (χ0) is 14.7. The average Bonchev–Trinajstić information content (AvgIpc) is 2.91. The molecule has 1 aromatic heterocycles. The average molecular weight is 296 g/mol. The van der Waals surface area contributed by atoms with Crippen molar-refractivity contribution in [1.82, 2.24) is 20.5 Å². The first-order valence-corrected chi connectivity index (χ1v) is 5.97. The van der Waals surface area contributed by atoms with Gasteiger partial charge in [-0.3, -0.25) is 20.0 Å². The van der Waals surface area contributed by atoms with Crippen molar-refractivity contribution in [2.75, 3.05) is 0 Å². The number of carbonyl (C=O) groups excluding carboxylic acids is 1. The smallest absolute Gasteiger partial charge is 0.300 e. The lowest BCUT2D eigenvalue weighted by molar-refractivity contribution is -0.385. The number of nitrogens with zero attached hydrogens (tertiary/aromatic N) is 3. The van der Waals surface area contributed by atoms with E-state index in [1.54, 1.807) is 6.92 Å². The van der Waals surface area contributed by atoms with Crippen LogP contribution in [-0.4, -0.2) is 26.0 Å². The number of carbonyl (C=O) groups is 1. The van der Waals surface area contributed by atoms with Gasteiger partial charge in [-0.1, -0.05) is 17.7 Å². The summed E-state index contributed by atoms with van der Waals surface area (Å²) < 4.78 is 0. The molecule has 1 unspecified atom stereocenters. The second-order valence-corrected chi connectivity index (χ2v) is 4.37. The molecule has 104 valence electrons. The first-order valence-electron chi connectivity index (χ1n) is 5.59. The van der Waals surface area contributed by atoms with Crippen LogP contribution in [0.2, 0.25) is 5.02 Å². The molecule has 0 aliphatic carbocycles. The van der Waals surface area contributed by atoms with Crippen LogP contribution in [0.1, 0.15) is 29.1 Å². The van der Waals surface area contributed by atoms with Crippen LogP contribution in [0.4, 0.5) is 5.69 Å². The molecule has 2 N–H and O–H groups in total. The van der Waals surface area contributed by atoms with E-state index < -0.39 is 22.6 Å². The summed E-state index contributed by atoms with van der Waals surface area (Å²) >= 11 is 5.75. The number of H-pyrrole nitrogens is 1. The standard InChI is InChI=1S/C11H10ClN5O3/c1-6(10-13-5-14-16-10)15-11(18)7-3-2-4-8(12)9(7)17(19)20/h2-6H,1H3,(H,15,18)(H,13,14,16). The maximum atomic E-state index is 12.1. The lowest BCUT2D eigenvalue weighted by atomic mass is 10.1. The highest BCUT2D eigenvalue weighted by atomic mass is 35.5. The maximum absolute atomic E-state index is 12.1. The largest absolute Gasteiger partial charge is 0.342 e. The molecule has 0 bridgehead atoms. The van der Waals surface area contributed by atoms with E-state index in [1.807, 2.05) is 0 Å². The molecule has 2 rings (SSSR count). The molecule has 1 atom stereocenters. The summed E-state index contributed by atoms with van der Waals surface area (Å²) in [5.74, 6) is -0.161. The summed E-state index contributed by atoms with van der Waals surface area (Å²) in [4.78, 5) is 26.3. The Hall–Kier alpha value is -2.48. The number of rotatable bonds is 4. The summed E-state index contributed by atoms with van der Waals surface area (Å²) in [7, 11) is 0. The molecule has 0 radical (unpaired) electrons. The number of nitro benzene ring substituents is 1. The summed E-state index contributed by atoms with van der Waals surface area (Å²) in [6, 6.07) is 3.70. The maximum Gasteiger partial charge on any atom is 0.300 e. The first-order chi connectivity index (χ1) is 9.50. The predicted molar refractivity (Wildman–Crippen MR) is 70.4 cm³/mol. The number of hydrogen-bond acceptors (Lipinski definition) is 5. The molecule has 1 amide bonds. The van der Waals surface area contributed by atoms with Crippen molar-refractivity contribution in [1.29, 1.82) is 0 Å². The molecule has 20 heavy (non-hydrogen) atoms. The van der Waals surface area contributed by atoms with Crippen LogP contribution in [0.15, 0.2) is 24.5 Å². The Balaban J connectivity index is 2.26. The predicted octanol–water partition coefficient (Wildman–Crippen LogP) is 1.86. The van der Waals surface area contributed by atoms with Gasteiger partial charge in [-0.2, -0.15) is 5.10 Å². The Morgan fingerprint density at radius 1 is 1.55 bits per heavy atom. The van der Waals surface area contributed by atoms with Gasteiger partial charge < -0.3 is 5.32 Å². The van der Waals surface area contributed by atoms with E-state index in [0.717, 1.165) is 0 Å². The molecule has 0 saturated carbocycles. The zero-order valence-corrected chi connectivity index (χ0v) is 11.1. The molecule has 2 aromatic rings. The summed E-state index contributed by atoms with van der Waals surface area (Å²) in [5, 5.41) is 19.7. The third kappa shape index (κ3) is 2.75. The molecule has 9 heteroatoms. The van der Waals surface area contributed by atoms with Crippen molar-refractivity contribution in [3.8, 4) is 0 Å². The van der Waals surface area contributed by atoms with Gasteiger partial charge in [0.15, 0.2) is 0 Å². The van der Waals surface area contributed by atoms with Gasteiger partial charge in [0.2, 0.25) is 0 Å². The minimum Gasteiger partial charge on any atom is -0.342 e. The first kappa shape index (κ1) is 13.9. The molecule has 1 heterocycles. The number of aromatic amines is 1. The number of hydrogen-bond donors (Lipinski definition) is 2. The third-order valence-corrected chi connectivity index (χ3v) is 2.91. The van der Waals surface area contributed by atoms with Crippen molar-refractivity contribution in [2.24, 2.45) is 0 Å². The highest BCUT2D eigenvalue weighted by Gasteiger charge is 2.25. The molecule has 0 aliphatic heterocycles. The highest BCUT2D eigenvalue weighted by Crippen LogP contribution is 2.28. The Kier molecular flexibility index (Phi) is 3.94. The van der Waals surface area contributed by atoms with E-state index in [-0.39, 0.29) is 10.6 Å². The number of aromatic nitrogens is 3. The molecule has 0 spiro atoms. The van der Waals surface area contributed by atoms with E-state index in [1.165, 1.54) is 24.5 Å². The van der Waals surface area contributed by atoms with Gasteiger partial charge in [0.05, 0.1) is 11.0 Å². The topological polar surface area (TPSA) is 114 Å². The van der Waals surface area contributed by atoms with E-state index in [9.17, 15) is 14.9 Å². The number of para-hydroxylation sites is 1. The second-order valence-electron chi connectivity index (χ2n) is 3.96.